The molecular formula is C17H14N2O2. The van der Waals surface area contributed by atoms with Crippen LogP contribution in [0.15, 0.2) is 48.5 Å². The van der Waals surface area contributed by atoms with E-state index in [0.717, 1.165) is 5.56 Å². The van der Waals surface area contributed by atoms with Crippen molar-refractivity contribution in [2.24, 2.45) is 0 Å². The molecule has 21 heavy (non-hydrogen) atoms. The molecule has 0 radical (unpaired) electrons. The summed E-state index contributed by atoms with van der Waals surface area (Å²) in [6.07, 6.45) is 0. The average Bonchev–Trinajstić information content (AvgIpc) is 3.23. The number of carbonyl (C=O) groups excluding carboxylic acids is 2. The van der Waals surface area contributed by atoms with E-state index in [4.69, 9.17) is 0 Å². The lowest BCUT2D eigenvalue weighted by molar-refractivity contribution is 0.0370. The lowest BCUT2D eigenvalue weighted by atomic mass is 10.1. The summed E-state index contributed by atoms with van der Waals surface area (Å²) in [4.78, 5) is 24.8. The number of hydrogen-bond acceptors (Lipinski definition) is 3. The second-order valence-corrected chi connectivity index (χ2v) is 5.52. The first-order valence-corrected chi connectivity index (χ1v) is 6.98. The molecule has 2 aliphatic heterocycles. The summed E-state index contributed by atoms with van der Waals surface area (Å²) in [6, 6.07) is 15.3. The first-order chi connectivity index (χ1) is 10.2. The van der Waals surface area contributed by atoms with E-state index in [0.29, 0.717) is 17.7 Å². The Balaban J connectivity index is 1.61. The monoisotopic (exact) mass is 278 g/mol. The summed E-state index contributed by atoms with van der Waals surface area (Å²) in [7, 11) is 0. The topological polar surface area (TPSA) is 40.4 Å². The molecule has 2 aromatic rings. The molecule has 4 heteroatoms. The molecule has 1 unspecified atom stereocenters. The van der Waals surface area contributed by atoms with Crippen LogP contribution in [0.25, 0.3) is 0 Å². The first kappa shape index (κ1) is 12.3. The van der Waals surface area contributed by atoms with Crippen LogP contribution < -0.4 is 0 Å². The van der Waals surface area contributed by atoms with Gasteiger partial charge in [0.1, 0.15) is 0 Å². The van der Waals surface area contributed by atoms with Crippen LogP contribution in [0.1, 0.15) is 37.9 Å². The highest BCUT2D eigenvalue weighted by atomic mass is 16.2. The molecule has 0 bridgehead atoms. The molecule has 4 nitrogen and oxygen atoms in total. The number of amides is 2. The highest BCUT2D eigenvalue weighted by molar-refractivity contribution is 6.21. The van der Waals surface area contributed by atoms with Gasteiger partial charge in [-0.15, -0.1) is 0 Å². The zero-order chi connectivity index (χ0) is 14.6. The second kappa shape index (κ2) is 4.27. The number of hydrogen-bond donors (Lipinski definition) is 0. The van der Waals surface area contributed by atoms with E-state index >= 15 is 0 Å². The fourth-order valence-corrected chi connectivity index (χ4v) is 2.83. The molecule has 1 saturated heterocycles. The van der Waals surface area contributed by atoms with Crippen molar-refractivity contribution in [2.45, 2.75) is 13.0 Å². The Hall–Kier alpha value is -2.46. The molecule has 104 valence electrons. The standard InChI is InChI=1S/C17H14N2O2/c1-11-6-8-12(9-7-11)15-10-18(15)19-16(20)13-4-2-3-5-14(13)17(19)21/h2-9,15H,10H2,1H3/t15-,18?/m1/s1. The van der Waals surface area contributed by atoms with E-state index in [1.54, 1.807) is 24.3 Å². The van der Waals surface area contributed by atoms with Crippen molar-refractivity contribution in [1.82, 2.24) is 10.0 Å². The molecule has 0 aliphatic carbocycles. The van der Waals surface area contributed by atoms with Gasteiger partial charge >= 0.3 is 0 Å². The minimum atomic E-state index is -0.217. The third-order valence-electron chi connectivity index (χ3n) is 4.08. The van der Waals surface area contributed by atoms with E-state index in [2.05, 4.69) is 12.1 Å². The third-order valence-corrected chi connectivity index (χ3v) is 4.08. The van der Waals surface area contributed by atoms with Crippen molar-refractivity contribution < 1.29 is 9.59 Å². The number of rotatable bonds is 2. The fraction of sp³-hybridized carbons (Fsp3) is 0.176. The highest BCUT2D eigenvalue weighted by Gasteiger charge is 2.49. The van der Waals surface area contributed by atoms with Gasteiger partial charge < -0.3 is 0 Å². The predicted molar refractivity (Wildman–Crippen MR) is 77.6 cm³/mol. The largest absolute Gasteiger partial charge is 0.276 e. The minimum absolute atomic E-state index is 0.118. The van der Waals surface area contributed by atoms with Crippen LogP contribution in [0.3, 0.4) is 0 Å². The van der Waals surface area contributed by atoms with Gasteiger partial charge in [0, 0.05) is 6.54 Å². The van der Waals surface area contributed by atoms with Crippen molar-refractivity contribution in [1.29, 1.82) is 0 Å². The number of fused-ring (bicyclic) bond motifs is 1. The molecule has 2 aromatic carbocycles. The molecule has 4 rings (SSSR count). The smallest absolute Gasteiger partial charge is 0.267 e. The quantitative estimate of drug-likeness (QED) is 0.626. The summed E-state index contributed by atoms with van der Waals surface area (Å²) in [5.41, 5.74) is 3.33. The SMILES string of the molecule is Cc1ccc([C@H]2CN2N2C(=O)c3ccccc3C2=O)cc1. The van der Waals surface area contributed by atoms with Gasteiger partial charge in [-0.2, -0.15) is 5.01 Å². The molecule has 2 amide bonds. The van der Waals surface area contributed by atoms with Crippen LogP contribution in [-0.4, -0.2) is 28.4 Å². The van der Waals surface area contributed by atoms with Gasteiger partial charge in [-0.3, -0.25) is 9.59 Å². The molecule has 2 heterocycles. The lowest BCUT2D eigenvalue weighted by Crippen LogP contribution is -2.35. The fourth-order valence-electron chi connectivity index (χ4n) is 2.83. The van der Waals surface area contributed by atoms with Gasteiger partial charge in [0.05, 0.1) is 17.2 Å². The van der Waals surface area contributed by atoms with Crippen LogP contribution in [0.2, 0.25) is 0 Å². The zero-order valence-electron chi connectivity index (χ0n) is 11.6. The molecule has 0 saturated carbocycles. The molecule has 2 aliphatic rings. The van der Waals surface area contributed by atoms with Crippen molar-refractivity contribution in [2.75, 3.05) is 6.54 Å². The number of aryl methyl sites for hydroxylation is 1. The highest BCUT2D eigenvalue weighted by Crippen LogP contribution is 2.40. The normalized spacial score (nSPS) is 23.4. The average molecular weight is 278 g/mol. The number of benzene rings is 2. The van der Waals surface area contributed by atoms with Gasteiger partial charge in [0.15, 0.2) is 0 Å². The van der Waals surface area contributed by atoms with Gasteiger partial charge in [0.25, 0.3) is 11.8 Å². The van der Waals surface area contributed by atoms with Crippen LogP contribution in [-0.2, 0) is 0 Å². The van der Waals surface area contributed by atoms with Crippen LogP contribution >= 0.6 is 0 Å². The third kappa shape index (κ3) is 1.80. The minimum Gasteiger partial charge on any atom is -0.267 e. The second-order valence-electron chi connectivity index (χ2n) is 5.52. The lowest BCUT2D eigenvalue weighted by Gasteiger charge is -2.15. The zero-order valence-corrected chi connectivity index (χ0v) is 11.6. The number of nitrogens with zero attached hydrogens (tertiary/aromatic N) is 2. The Labute approximate surface area is 122 Å². The Kier molecular flexibility index (Phi) is 2.50. The summed E-state index contributed by atoms with van der Waals surface area (Å²) in [5.74, 6) is -0.435. The van der Waals surface area contributed by atoms with Crippen LogP contribution in [0.5, 0.6) is 0 Å². The van der Waals surface area contributed by atoms with Crippen molar-refractivity contribution in [3.8, 4) is 0 Å². The van der Waals surface area contributed by atoms with Crippen molar-refractivity contribution >= 4 is 11.8 Å². The van der Waals surface area contributed by atoms with Gasteiger partial charge in [-0.25, -0.2) is 5.01 Å². The summed E-state index contributed by atoms with van der Waals surface area (Å²) >= 11 is 0. The van der Waals surface area contributed by atoms with Gasteiger partial charge in [0.2, 0.25) is 0 Å². The Morgan fingerprint density at radius 1 is 0.905 bits per heavy atom. The van der Waals surface area contributed by atoms with Crippen molar-refractivity contribution in [3.63, 3.8) is 0 Å². The molecule has 0 spiro atoms. The van der Waals surface area contributed by atoms with E-state index in [9.17, 15) is 9.59 Å². The summed E-state index contributed by atoms with van der Waals surface area (Å²) < 4.78 is 0. The van der Waals surface area contributed by atoms with E-state index in [1.165, 1.54) is 10.6 Å². The van der Waals surface area contributed by atoms with E-state index in [1.807, 2.05) is 24.1 Å². The summed E-state index contributed by atoms with van der Waals surface area (Å²) in [5, 5.41) is 3.12. The molecular weight excluding hydrogens is 264 g/mol. The molecule has 0 N–H and O–H groups in total. The first-order valence-electron chi connectivity index (χ1n) is 6.98. The van der Waals surface area contributed by atoms with Crippen LogP contribution in [0, 0.1) is 6.92 Å². The number of imide groups is 1. The number of hydrazine groups is 1. The maximum absolute atomic E-state index is 12.4. The number of carbonyl (C=O) groups is 2. The molecule has 2 atom stereocenters. The summed E-state index contributed by atoms with van der Waals surface area (Å²) in [6.45, 7) is 2.74. The van der Waals surface area contributed by atoms with Crippen molar-refractivity contribution in [3.05, 3.63) is 70.8 Å². The maximum Gasteiger partial charge on any atom is 0.276 e. The predicted octanol–water partition coefficient (Wildman–Crippen LogP) is 2.56. The van der Waals surface area contributed by atoms with E-state index < -0.39 is 0 Å². The maximum atomic E-state index is 12.4. The molecule has 0 aromatic heterocycles. The Morgan fingerprint density at radius 3 is 2.05 bits per heavy atom. The van der Waals surface area contributed by atoms with E-state index in [-0.39, 0.29) is 17.9 Å². The molecule has 1 fully saturated rings. The Bertz CT molecular complexity index is 717. The van der Waals surface area contributed by atoms with Crippen LogP contribution in [0.4, 0.5) is 0 Å². The van der Waals surface area contributed by atoms with Gasteiger partial charge in [-0.05, 0) is 24.6 Å². The van der Waals surface area contributed by atoms with Gasteiger partial charge in [-0.1, -0.05) is 42.0 Å². The Morgan fingerprint density at radius 2 is 1.48 bits per heavy atom.